The molecule has 0 unspecified atom stereocenters. The van der Waals surface area contributed by atoms with E-state index in [0.717, 1.165) is 24.8 Å². The average Bonchev–Trinajstić information content (AvgIpc) is 2.46. The lowest BCUT2D eigenvalue weighted by Crippen LogP contribution is -2.51. The highest BCUT2D eigenvalue weighted by Gasteiger charge is 2.29. The monoisotopic (exact) mass is 262 g/mol. The van der Waals surface area contributed by atoms with E-state index in [1.54, 1.807) is 4.90 Å². The van der Waals surface area contributed by atoms with Crippen molar-refractivity contribution in [2.24, 2.45) is 5.73 Å². The van der Waals surface area contributed by atoms with Crippen molar-refractivity contribution in [3.05, 3.63) is 35.9 Å². The lowest BCUT2D eigenvalue weighted by atomic mass is 9.97. The Morgan fingerprint density at radius 2 is 2.11 bits per heavy atom. The Kier molecular flexibility index (Phi) is 4.80. The summed E-state index contributed by atoms with van der Waals surface area (Å²) in [6.07, 6.45) is 2.66. The van der Waals surface area contributed by atoms with Crippen molar-refractivity contribution in [2.45, 2.75) is 44.9 Å². The van der Waals surface area contributed by atoms with E-state index in [1.165, 1.54) is 0 Å². The minimum atomic E-state index is -0.245. The Hall–Kier alpha value is -1.55. The highest BCUT2D eigenvalue weighted by atomic mass is 16.6. The maximum absolute atomic E-state index is 12.1. The topological polar surface area (TPSA) is 55.6 Å². The van der Waals surface area contributed by atoms with Crippen molar-refractivity contribution in [3.63, 3.8) is 0 Å². The van der Waals surface area contributed by atoms with E-state index in [2.05, 4.69) is 6.92 Å². The summed E-state index contributed by atoms with van der Waals surface area (Å²) in [5.41, 5.74) is 6.94. The van der Waals surface area contributed by atoms with Gasteiger partial charge in [0.15, 0.2) is 0 Å². The predicted octanol–water partition coefficient (Wildman–Crippen LogP) is 2.52. The normalized spacial score (nSPS) is 23.2. The first-order chi connectivity index (χ1) is 9.20. The Labute approximate surface area is 114 Å². The second-order valence-electron chi connectivity index (χ2n) is 5.09. The minimum Gasteiger partial charge on any atom is -0.445 e. The van der Waals surface area contributed by atoms with Crippen LogP contribution in [0.3, 0.4) is 0 Å². The van der Waals surface area contributed by atoms with Crippen LogP contribution in [0.2, 0.25) is 0 Å². The number of nitrogens with two attached hydrogens (primary N) is 1. The molecule has 1 aliphatic heterocycles. The number of benzene rings is 1. The number of hydrogen-bond acceptors (Lipinski definition) is 3. The molecule has 1 amide bonds. The van der Waals surface area contributed by atoms with Gasteiger partial charge in [0.25, 0.3) is 0 Å². The van der Waals surface area contributed by atoms with Crippen LogP contribution < -0.4 is 5.73 Å². The Morgan fingerprint density at radius 3 is 2.79 bits per heavy atom. The third-order valence-electron chi connectivity index (χ3n) is 3.65. The van der Waals surface area contributed by atoms with Crippen molar-refractivity contribution >= 4 is 6.09 Å². The average molecular weight is 262 g/mol. The quantitative estimate of drug-likeness (QED) is 0.910. The van der Waals surface area contributed by atoms with E-state index in [1.807, 2.05) is 30.3 Å². The van der Waals surface area contributed by atoms with Gasteiger partial charge < -0.3 is 15.4 Å². The van der Waals surface area contributed by atoms with Crippen molar-refractivity contribution in [3.8, 4) is 0 Å². The maximum Gasteiger partial charge on any atom is 0.410 e. The first-order valence-electron chi connectivity index (χ1n) is 6.93. The number of ether oxygens (including phenoxy) is 1. The zero-order valence-corrected chi connectivity index (χ0v) is 11.4. The number of piperidine rings is 1. The van der Waals surface area contributed by atoms with Crippen molar-refractivity contribution in [1.29, 1.82) is 0 Å². The van der Waals surface area contributed by atoms with Crippen LogP contribution in [0.4, 0.5) is 4.79 Å². The largest absolute Gasteiger partial charge is 0.445 e. The van der Waals surface area contributed by atoms with Gasteiger partial charge in [-0.25, -0.2) is 4.79 Å². The lowest BCUT2D eigenvalue weighted by molar-refractivity contribution is 0.0628. The summed E-state index contributed by atoms with van der Waals surface area (Å²) in [7, 11) is 0. The van der Waals surface area contributed by atoms with Gasteiger partial charge >= 0.3 is 6.09 Å². The van der Waals surface area contributed by atoms with Gasteiger partial charge in [-0.2, -0.15) is 0 Å². The van der Waals surface area contributed by atoms with Gasteiger partial charge in [0.2, 0.25) is 0 Å². The molecule has 19 heavy (non-hydrogen) atoms. The summed E-state index contributed by atoms with van der Waals surface area (Å²) >= 11 is 0. The number of carbonyl (C=O) groups is 1. The summed E-state index contributed by atoms with van der Waals surface area (Å²) in [5, 5.41) is 0. The molecule has 104 valence electrons. The molecular weight excluding hydrogens is 240 g/mol. The zero-order valence-electron chi connectivity index (χ0n) is 11.4. The number of nitrogens with zero attached hydrogens (tertiary/aromatic N) is 1. The van der Waals surface area contributed by atoms with E-state index in [0.29, 0.717) is 13.2 Å². The molecule has 4 nitrogen and oxygen atoms in total. The molecular formula is C15H22N2O2. The Bertz CT molecular complexity index is 408. The summed E-state index contributed by atoms with van der Waals surface area (Å²) in [4.78, 5) is 13.9. The lowest BCUT2D eigenvalue weighted by Gasteiger charge is -2.37. The molecule has 1 saturated heterocycles. The second kappa shape index (κ2) is 6.57. The summed E-state index contributed by atoms with van der Waals surface area (Å²) in [6.45, 7) is 3.02. The predicted molar refractivity (Wildman–Crippen MR) is 74.6 cm³/mol. The Morgan fingerprint density at radius 1 is 1.37 bits per heavy atom. The molecule has 4 heteroatoms. The van der Waals surface area contributed by atoms with Gasteiger partial charge in [0, 0.05) is 18.6 Å². The summed E-state index contributed by atoms with van der Waals surface area (Å²) in [6, 6.07) is 10.1. The smallest absolute Gasteiger partial charge is 0.410 e. The van der Waals surface area contributed by atoms with Crippen LogP contribution in [-0.4, -0.2) is 29.6 Å². The zero-order chi connectivity index (χ0) is 13.7. The molecule has 1 aromatic rings. The second-order valence-corrected chi connectivity index (χ2v) is 5.09. The van der Waals surface area contributed by atoms with E-state index >= 15 is 0 Å². The van der Waals surface area contributed by atoms with Crippen molar-refractivity contribution < 1.29 is 9.53 Å². The van der Waals surface area contributed by atoms with E-state index in [4.69, 9.17) is 10.5 Å². The molecule has 0 radical (unpaired) electrons. The van der Waals surface area contributed by atoms with Crippen LogP contribution in [0.25, 0.3) is 0 Å². The first-order valence-corrected chi connectivity index (χ1v) is 6.93. The maximum atomic E-state index is 12.1. The van der Waals surface area contributed by atoms with Gasteiger partial charge in [-0.1, -0.05) is 37.3 Å². The van der Waals surface area contributed by atoms with E-state index < -0.39 is 0 Å². The molecule has 2 N–H and O–H groups in total. The number of likely N-dealkylation sites (tertiary alicyclic amines) is 1. The molecule has 0 bridgehead atoms. The molecule has 0 aliphatic carbocycles. The van der Waals surface area contributed by atoms with Gasteiger partial charge in [0.05, 0.1) is 0 Å². The molecule has 0 saturated carbocycles. The molecule has 1 aromatic carbocycles. The highest BCUT2D eigenvalue weighted by molar-refractivity contribution is 5.68. The Balaban J connectivity index is 1.90. The number of amides is 1. The number of rotatable bonds is 3. The molecule has 2 rings (SSSR count). The van der Waals surface area contributed by atoms with Gasteiger partial charge in [0.1, 0.15) is 6.61 Å². The van der Waals surface area contributed by atoms with Gasteiger partial charge in [-0.3, -0.25) is 0 Å². The van der Waals surface area contributed by atoms with Gasteiger partial charge in [-0.15, -0.1) is 0 Å². The number of hydrogen-bond donors (Lipinski definition) is 1. The van der Waals surface area contributed by atoms with Crippen molar-refractivity contribution in [2.75, 3.05) is 6.54 Å². The molecule has 0 spiro atoms. The van der Waals surface area contributed by atoms with E-state index in [-0.39, 0.29) is 18.2 Å². The van der Waals surface area contributed by atoms with Crippen LogP contribution in [0.5, 0.6) is 0 Å². The standard InChI is InChI=1S/C15H22N2O2/c1-2-14-9-8-13(16)10-17(14)15(18)19-11-12-6-4-3-5-7-12/h3-7,13-14H,2,8-11,16H2,1H3/t13-,14+/m0/s1. The van der Waals surface area contributed by atoms with Crippen LogP contribution in [0.1, 0.15) is 31.7 Å². The third kappa shape index (κ3) is 3.70. The van der Waals surface area contributed by atoms with Gasteiger partial charge in [-0.05, 0) is 24.8 Å². The van der Waals surface area contributed by atoms with Crippen LogP contribution in [0.15, 0.2) is 30.3 Å². The minimum absolute atomic E-state index is 0.0760. The van der Waals surface area contributed by atoms with E-state index in [9.17, 15) is 4.79 Å². The molecule has 1 fully saturated rings. The van der Waals surface area contributed by atoms with Crippen LogP contribution in [-0.2, 0) is 11.3 Å². The fraction of sp³-hybridized carbons (Fsp3) is 0.533. The first kappa shape index (κ1) is 13.9. The highest BCUT2D eigenvalue weighted by Crippen LogP contribution is 2.20. The number of carbonyl (C=O) groups excluding carboxylic acids is 1. The molecule has 2 atom stereocenters. The fourth-order valence-electron chi connectivity index (χ4n) is 2.51. The van der Waals surface area contributed by atoms with Crippen LogP contribution >= 0.6 is 0 Å². The third-order valence-corrected chi connectivity index (χ3v) is 3.65. The summed E-state index contributed by atoms with van der Waals surface area (Å²) < 4.78 is 5.38. The SMILES string of the molecule is CC[C@@H]1CC[C@H](N)CN1C(=O)OCc1ccccc1. The van der Waals surface area contributed by atoms with Crippen molar-refractivity contribution in [1.82, 2.24) is 4.90 Å². The molecule has 1 heterocycles. The van der Waals surface area contributed by atoms with Crippen LogP contribution in [0, 0.1) is 0 Å². The fourth-order valence-corrected chi connectivity index (χ4v) is 2.51. The molecule has 1 aliphatic rings. The molecule has 0 aromatic heterocycles. The summed E-state index contributed by atoms with van der Waals surface area (Å²) in [5.74, 6) is 0.